The minimum atomic E-state index is 0.184. The van der Waals surface area contributed by atoms with Crippen LogP contribution in [0.25, 0.3) is 0 Å². The van der Waals surface area contributed by atoms with Crippen LogP contribution >= 0.6 is 0 Å². The van der Waals surface area contributed by atoms with E-state index in [-0.39, 0.29) is 11.8 Å². The van der Waals surface area contributed by atoms with Gasteiger partial charge in [-0.05, 0) is 31.1 Å². The first-order valence-corrected chi connectivity index (χ1v) is 7.11. The molecular formula is C14H28N2O. The van der Waals surface area contributed by atoms with Crippen molar-refractivity contribution in [1.29, 1.82) is 0 Å². The number of nitrogens with one attached hydrogen (secondary N) is 1. The fraction of sp³-hybridized carbons (Fsp3) is 0.929. The molecule has 3 unspecified atom stereocenters. The van der Waals surface area contributed by atoms with Gasteiger partial charge in [-0.3, -0.25) is 4.79 Å². The Bertz CT molecular complexity index is 238. The molecule has 17 heavy (non-hydrogen) atoms. The second kappa shape index (κ2) is 7.00. The highest BCUT2D eigenvalue weighted by Crippen LogP contribution is 2.29. The van der Waals surface area contributed by atoms with Crippen molar-refractivity contribution in [2.24, 2.45) is 23.5 Å². The third-order valence-electron chi connectivity index (χ3n) is 4.27. The lowest BCUT2D eigenvalue weighted by molar-refractivity contribution is -0.127. The number of hydrogen-bond acceptors (Lipinski definition) is 2. The number of carbonyl (C=O) groups excluding carboxylic acids is 1. The molecule has 1 aliphatic carbocycles. The van der Waals surface area contributed by atoms with Crippen LogP contribution in [0.4, 0.5) is 0 Å². The Morgan fingerprint density at radius 1 is 1.35 bits per heavy atom. The molecule has 3 N–H and O–H groups in total. The quantitative estimate of drug-likeness (QED) is 0.774. The average Bonchev–Trinajstić information content (AvgIpc) is 2.30. The first kappa shape index (κ1) is 14.5. The Morgan fingerprint density at radius 2 is 2.00 bits per heavy atom. The van der Waals surface area contributed by atoms with Gasteiger partial charge in [-0.2, -0.15) is 0 Å². The van der Waals surface area contributed by atoms with Gasteiger partial charge in [0, 0.05) is 18.5 Å². The van der Waals surface area contributed by atoms with E-state index in [0.29, 0.717) is 17.9 Å². The Kier molecular flexibility index (Phi) is 5.96. The molecule has 1 aliphatic rings. The summed E-state index contributed by atoms with van der Waals surface area (Å²) in [6.45, 7) is 7.35. The maximum absolute atomic E-state index is 12.1. The zero-order valence-electron chi connectivity index (χ0n) is 11.5. The fourth-order valence-corrected chi connectivity index (χ4v) is 2.78. The van der Waals surface area contributed by atoms with Crippen molar-refractivity contribution >= 4 is 5.91 Å². The average molecular weight is 240 g/mol. The zero-order chi connectivity index (χ0) is 12.8. The van der Waals surface area contributed by atoms with Crippen LogP contribution in [-0.2, 0) is 4.79 Å². The van der Waals surface area contributed by atoms with Crippen molar-refractivity contribution in [2.45, 2.75) is 58.9 Å². The molecule has 0 radical (unpaired) electrons. The van der Waals surface area contributed by atoms with Crippen LogP contribution in [0.5, 0.6) is 0 Å². The van der Waals surface area contributed by atoms with Gasteiger partial charge in [-0.1, -0.05) is 33.6 Å². The van der Waals surface area contributed by atoms with Gasteiger partial charge in [0.2, 0.25) is 5.91 Å². The predicted octanol–water partition coefficient (Wildman–Crippen LogP) is 2.30. The van der Waals surface area contributed by atoms with Crippen molar-refractivity contribution in [1.82, 2.24) is 5.32 Å². The van der Waals surface area contributed by atoms with Gasteiger partial charge < -0.3 is 11.1 Å². The molecule has 0 aliphatic heterocycles. The molecule has 3 atom stereocenters. The van der Waals surface area contributed by atoms with Gasteiger partial charge in [-0.25, -0.2) is 0 Å². The summed E-state index contributed by atoms with van der Waals surface area (Å²) in [4.78, 5) is 12.1. The van der Waals surface area contributed by atoms with Crippen LogP contribution in [0, 0.1) is 17.8 Å². The van der Waals surface area contributed by atoms with Crippen LogP contribution in [-0.4, -0.2) is 18.5 Å². The minimum absolute atomic E-state index is 0.184. The van der Waals surface area contributed by atoms with Crippen molar-refractivity contribution < 1.29 is 4.79 Å². The summed E-state index contributed by atoms with van der Waals surface area (Å²) in [5.41, 5.74) is 5.92. The molecule has 0 spiro atoms. The van der Waals surface area contributed by atoms with E-state index in [9.17, 15) is 4.79 Å². The molecule has 0 aromatic carbocycles. The molecule has 1 fully saturated rings. The predicted molar refractivity (Wildman–Crippen MR) is 71.6 cm³/mol. The van der Waals surface area contributed by atoms with Crippen LogP contribution < -0.4 is 11.1 Å². The monoisotopic (exact) mass is 240 g/mol. The Labute approximate surface area is 106 Å². The van der Waals surface area contributed by atoms with E-state index in [4.69, 9.17) is 5.73 Å². The standard InChI is InChI=1S/C14H28N2O/c1-4-11(5-2)9-16-14(17)13-7-6-12(15)8-10(13)3/h10-13H,4-9,15H2,1-3H3,(H,16,17). The molecule has 3 nitrogen and oxygen atoms in total. The summed E-state index contributed by atoms with van der Waals surface area (Å²) in [5, 5.41) is 3.12. The molecule has 0 heterocycles. The molecule has 0 saturated heterocycles. The fourth-order valence-electron chi connectivity index (χ4n) is 2.78. The third-order valence-corrected chi connectivity index (χ3v) is 4.27. The van der Waals surface area contributed by atoms with E-state index in [1.807, 2.05) is 0 Å². The van der Waals surface area contributed by atoms with E-state index < -0.39 is 0 Å². The number of nitrogens with two attached hydrogens (primary N) is 1. The summed E-state index contributed by atoms with van der Waals surface area (Å²) >= 11 is 0. The van der Waals surface area contributed by atoms with Gasteiger partial charge in [0.1, 0.15) is 0 Å². The summed E-state index contributed by atoms with van der Waals surface area (Å²) in [7, 11) is 0. The van der Waals surface area contributed by atoms with Crippen molar-refractivity contribution in [2.75, 3.05) is 6.54 Å². The molecular weight excluding hydrogens is 212 g/mol. The molecule has 0 bridgehead atoms. The second-order valence-corrected chi connectivity index (χ2v) is 5.58. The first-order chi connectivity index (χ1) is 8.08. The zero-order valence-corrected chi connectivity index (χ0v) is 11.5. The summed E-state index contributed by atoms with van der Waals surface area (Å²) < 4.78 is 0. The van der Waals surface area contributed by atoms with Crippen LogP contribution in [0.15, 0.2) is 0 Å². The SMILES string of the molecule is CCC(CC)CNC(=O)C1CCC(N)CC1C. The van der Waals surface area contributed by atoms with E-state index in [1.54, 1.807) is 0 Å². The van der Waals surface area contributed by atoms with E-state index >= 15 is 0 Å². The van der Waals surface area contributed by atoms with Crippen molar-refractivity contribution in [3.05, 3.63) is 0 Å². The Morgan fingerprint density at radius 3 is 2.53 bits per heavy atom. The lowest BCUT2D eigenvalue weighted by Crippen LogP contribution is -2.42. The second-order valence-electron chi connectivity index (χ2n) is 5.58. The smallest absolute Gasteiger partial charge is 0.223 e. The van der Waals surface area contributed by atoms with Gasteiger partial charge in [-0.15, -0.1) is 0 Å². The van der Waals surface area contributed by atoms with Gasteiger partial charge in [0.25, 0.3) is 0 Å². The molecule has 1 rings (SSSR count). The molecule has 1 saturated carbocycles. The molecule has 0 aromatic rings. The third kappa shape index (κ3) is 4.30. The van der Waals surface area contributed by atoms with Crippen molar-refractivity contribution in [3.8, 4) is 0 Å². The van der Waals surface area contributed by atoms with E-state index in [1.165, 1.54) is 0 Å². The maximum atomic E-state index is 12.1. The maximum Gasteiger partial charge on any atom is 0.223 e. The molecule has 100 valence electrons. The summed E-state index contributed by atoms with van der Waals surface area (Å²) in [6.07, 6.45) is 5.22. The number of carbonyl (C=O) groups is 1. The summed E-state index contributed by atoms with van der Waals surface area (Å²) in [6, 6.07) is 0.299. The van der Waals surface area contributed by atoms with Gasteiger partial charge >= 0.3 is 0 Å². The molecule has 3 heteroatoms. The highest BCUT2D eigenvalue weighted by molar-refractivity contribution is 5.79. The number of rotatable bonds is 5. The molecule has 1 amide bonds. The minimum Gasteiger partial charge on any atom is -0.356 e. The van der Waals surface area contributed by atoms with Gasteiger partial charge in [0.15, 0.2) is 0 Å². The van der Waals surface area contributed by atoms with Crippen molar-refractivity contribution in [3.63, 3.8) is 0 Å². The number of amides is 1. The topological polar surface area (TPSA) is 55.1 Å². The summed E-state index contributed by atoms with van der Waals surface area (Å²) in [5.74, 6) is 1.49. The van der Waals surface area contributed by atoms with Crippen LogP contribution in [0.3, 0.4) is 0 Å². The first-order valence-electron chi connectivity index (χ1n) is 7.11. The Balaban J connectivity index is 2.37. The molecule has 0 aromatic heterocycles. The van der Waals surface area contributed by atoms with Crippen LogP contribution in [0.2, 0.25) is 0 Å². The lowest BCUT2D eigenvalue weighted by Gasteiger charge is -2.31. The highest BCUT2D eigenvalue weighted by atomic mass is 16.1. The highest BCUT2D eigenvalue weighted by Gasteiger charge is 2.30. The van der Waals surface area contributed by atoms with Gasteiger partial charge in [0.05, 0.1) is 0 Å². The van der Waals surface area contributed by atoms with E-state index in [0.717, 1.165) is 38.6 Å². The number of hydrogen-bond donors (Lipinski definition) is 2. The van der Waals surface area contributed by atoms with Crippen LogP contribution in [0.1, 0.15) is 52.9 Å². The lowest BCUT2D eigenvalue weighted by atomic mass is 9.77. The normalized spacial score (nSPS) is 29.4. The largest absolute Gasteiger partial charge is 0.356 e. The van der Waals surface area contributed by atoms with E-state index in [2.05, 4.69) is 26.1 Å². The Hall–Kier alpha value is -0.570.